The molecule has 0 spiro atoms. The second kappa shape index (κ2) is 5.01. The number of nitrogens with zero attached hydrogens (tertiary/aromatic N) is 1. The maximum Gasteiger partial charge on any atom is 0.338 e. The maximum absolute atomic E-state index is 11.2. The number of hydrazone groups is 1. The van der Waals surface area contributed by atoms with E-state index in [-0.39, 0.29) is 5.97 Å². The van der Waals surface area contributed by atoms with E-state index in [1.54, 1.807) is 31.2 Å². The third-order valence-electron chi connectivity index (χ3n) is 1.65. The molecular formula is C10H12N2O2. The van der Waals surface area contributed by atoms with Gasteiger partial charge >= 0.3 is 5.97 Å². The molecule has 74 valence electrons. The predicted octanol–water partition coefficient (Wildman–Crippen LogP) is 1.16. The predicted molar refractivity (Wildman–Crippen MR) is 54.2 cm³/mol. The zero-order chi connectivity index (χ0) is 10.4. The van der Waals surface area contributed by atoms with Crippen LogP contribution < -0.4 is 5.84 Å². The molecule has 1 aromatic carbocycles. The molecule has 0 aromatic heterocycles. The number of nitrogens with two attached hydrogens (primary N) is 1. The van der Waals surface area contributed by atoms with Gasteiger partial charge in [0.25, 0.3) is 0 Å². The van der Waals surface area contributed by atoms with Crippen molar-refractivity contribution in [1.29, 1.82) is 0 Å². The van der Waals surface area contributed by atoms with Gasteiger partial charge in [0.15, 0.2) is 0 Å². The van der Waals surface area contributed by atoms with Crippen LogP contribution >= 0.6 is 0 Å². The third-order valence-corrected chi connectivity index (χ3v) is 1.65. The molecule has 0 saturated carbocycles. The van der Waals surface area contributed by atoms with Crippen LogP contribution in [0.25, 0.3) is 0 Å². The van der Waals surface area contributed by atoms with Crippen molar-refractivity contribution in [2.45, 2.75) is 6.92 Å². The number of esters is 1. The number of carbonyl (C=O) groups is 1. The first-order valence-electron chi connectivity index (χ1n) is 4.28. The summed E-state index contributed by atoms with van der Waals surface area (Å²) >= 11 is 0. The van der Waals surface area contributed by atoms with Gasteiger partial charge in [0.2, 0.25) is 0 Å². The monoisotopic (exact) mass is 192 g/mol. The molecule has 0 saturated heterocycles. The Labute approximate surface area is 82.4 Å². The van der Waals surface area contributed by atoms with Gasteiger partial charge in [0.1, 0.15) is 0 Å². The summed E-state index contributed by atoms with van der Waals surface area (Å²) in [5.41, 5.74) is 1.38. The molecule has 0 bridgehead atoms. The quantitative estimate of drug-likeness (QED) is 0.338. The Bertz CT molecular complexity index is 330. The number of hydrogen-bond donors (Lipinski definition) is 1. The molecule has 0 aliphatic rings. The van der Waals surface area contributed by atoms with E-state index in [4.69, 9.17) is 10.6 Å². The van der Waals surface area contributed by atoms with Crippen molar-refractivity contribution < 1.29 is 9.53 Å². The zero-order valence-corrected chi connectivity index (χ0v) is 7.93. The van der Waals surface area contributed by atoms with E-state index in [0.717, 1.165) is 5.56 Å². The van der Waals surface area contributed by atoms with Crippen molar-refractivity contribution in [1.82, 2.24) is 0 Å². The van der Waals surface area contributed by atoms with Crippen molar-refractivity contribution >= 4 is 12.2 Å². The molecule has 0 aliphatic heterocycles. The lowest BCUT2D eigenvalue weighted by atomic mass is 10.1. The van der Waals surface area contributed by atoms with Gasteiger partial charge in [-0.25, -0.2) is 4.79 Å². The summed E-state index contributed by atoms with van der Waals surface area (Å²) < 4.78 is 4.83. The Morgan fingerprint density at radius 1 is 1.50 bits per heavy atom. The van der Waals surface area contributed by atoms with Crippen LogP contribution in [0.2, 0.25) is 0 Å². The van der Waals surface area contributed by atoms with Gasteiger partial charge in [-0.1, -0.05) is 12.1 Å². The van der Waals surface area contributed by atoms with Gasteiger partial charge in [0, 0.05) is 0 Å². The first-order valence-corrected chi connectivity index (χ1v) is 4.28. The highest BCUT2D eigenvalue weighted by Gasteiger charge is 2.04. The lowest BCUT2D eigenvalue weighted by Gasteiger charge is -2.01. The SMILES string of the molecule is CCOC(=O)c1ccc(C=NN)cc1. The van der Waals surface area contributed by atoms with Crippen LogP contribution in [0.5, 0.6) is 0 Å². The molecule has 14 heavy (non-hydrogen) atoms. The van der Waals surface area contributed by atoms with Gasteiger partial charge in [-0.05, 0) is 24.6 Å². The molecule has 1 aromatic rings. The fourth-order valence-electron chi connectivity index (χ4n) is 1.01. The van der Waals surface area contributed by atoms with Crippen LogP contribution in [0, 0.1) is 0 Å². The molecule has 0 amide bonds. The fourth-order valence-corrected chi connectivity index (χ4v) is 1.01. The van der Waals surface area contributed by atoms with Gasteiger partial charge in [-0.15, -0.1) is 0 Å². The Morgan fingerprint density at radius 2 is 2.14 bits per heavy atom. The minimum Gasteiger partial charge on any atom is -0.462 e. The van der Waals surface area contributed by atoms with Crippen molar-refractivity contribution in [3.8, 4) is 0 Å². The standard InChI is InChI=1S/C10H12N2O2/c1-2-14-10(13)9-5-3-8(4-6-9)7-12-11/h3-7H,2,11H2,1H3. The van der Waals surface area contributed by atoms with Gasteiger partial charge < -0.3 is 10.6 Å². The van der Waals surface area contributed by atoms with E-state index >= 15 is 0 Å². The Hall–Kier alpha value is -1.84. The number of ether oxygens (including phenoxy) is 1. The topological polar surface area (TPSA) is 64.7 Å². The molecule has 1 rings (SSSR count). The molecule has 0 atom stereocenters. The van der Waals surface area contributed by atoms with Gasteiger partial charge in [-0.2, -0.15) is 5.10 Å². The normalized spacial score (nSPS) is 10.4. The second-order valence-electron chi connectivity index (χ2n) is 2.62. The molecule has 2 N–H and O–H groups in total. The lowest BCUT2D eigenvalue weighted by Crippen LogP contribution is -2.04. The lowest BCUT2D eigenvalue weighted by molar-refractivity contribution is 0.0526. The van der Waals surface area contributed by atoms with Crippen molar-refractivity contribution in [3.05, 3.63) is 35.4 Å². The largest absolute Gasteiger partial charge is 0.462 e. The zero-order valence-electron chi connectivity index (χ0n) is 7.93. The van der Waals surface area contributed by atoms with Crippen LogP contribution in [0.15, 0.2) is 29.4 Å². The van der Waals surface area contributed by atoms with E-state index < -0.39 is 0 Å². The van der Waals surface area contributed by atoms with Crippen molar-refractivity contribution in [2.75, 3.05) is 6.61 Å². The third kappa shape index (κ3) is 2.58. The first-order chi connectivity index (χ1) is 6.77. The average Bonchev–Trinajstić information content (AvgIpc) is 2.20. The Balaban J connectivity index is 2.77. The van der Waals surface area contributed by atoms with E-state index in [9.17, 15) is 4.79 Å². The summed E-state index contributed by atoms with van der Waals surface area (Å²) in [6.07, 6.45) is 1.51. The first kappa shape index (κ1) is 10.2. The van der Waals surface area contributed by atoms with Crippen LogP contribution in [-0.2, 0) is 4.74 Å². The molecule has 0 aliphatic carbocycles. The summed E-state index contributed by atoms with van der Waals surface area (Å²) in [6, 6.07) is 6.86. The van der Waals surface area contributed by atoms with Crippen LogP contribution in [0.1, 0.15) is 22.8 Å². The average molecular weight is 192 g/mol. The maximum atomic E-state index is 11.2. The summed E-state index contributed by atoms with van der Waals surface area (Å²) in [5, 5.41) is 3.38. The fraction of sp³-hybridized carbons (Fsp3) is 0.200. The number of carbonyl (C=O) groups excluding carboxylic acids is 1. The summed E-state index contributed by atoms with van der Waals surface area (Å²) in [5.74, 6) is 4.67. The van der Waals surface area contributed by atoms with Crippen LogP contribution in [0.4, 0.5) is 0 Å². The molecule has 4 nitrogen and oxygen atoms in total. The highest BCUT2D eigenvalue weighted by molar-refractivity contribution is 5.90. The van der Waals surface area contributed by atoms with E-state index in [2.05, 4.69) is 5.10 Å². The molecule has 0 radical (unpaired) electrons. The van der Waals surface area contributed by atoms with E-state index in [1.807, 2.05) is 0 Å². The number of rotatable bonds is 3. The second-order valence-corrected chi connectivity index (χ2v) is 2.62. The van der Waals surface area contributed by atoms with Crippen molar-refractivity contribution in [2.24, 2.45) is 10.9 Å². The van der Waals surface area contributed by atoms with E-state index in [1.165, 1.54) is 6.21 Å². The van der Waals surface area contributed by atoms with Gasteiger partial charge in [0.05, 0.1) is 18.4 Å². The molecular weight excluding hydrogens is 180 g/mol. The molecule has 4 heteroatoms. The Morgan fingerprint density at radius 3 is 2.64 bits per heavy atom. The molecule has 0 unspecified atom stereocenters. The Kier molecular flexibility index (Phi) is 3.67. The summed E-state index contributed by atoms with van der Waals surface area (Å²) in [6.45, 7) is 2.15. The minimum absolute atomic E-state index is 0.316. The summed E-state index contributed by atoms with van der Waals surface area (Å²) in [4.78, 5) is 11.2. The van der Waals surface area contributed by atoms with Crippen molar-refractivity contribution in [3.63, 3.8) is 0 Å². The van der Waals surface area contributed by atoms with Crippen LogP contribution in [-0.4, -0.2) is 18.8 Å². The highest BCUT2D eigenvalue weighted by atomic mass is 16.5. The minimum atomic E-state index is -0.316. The van der Waals surface area contributed by atoms with E-state index in [0.29, 0.717) is 12.2 Å². The number of benzene rings is 1. The van der Waals surface area contributed by atoms with Gasteiger partial charge in [-0.3, -0.25) is 0 Å². The van der Waals surface area contributed by atoms with Crippen LogP contribution in [0.3, 0.4) is 0 Å². The highest BCUT2D eigenvalue weighted by Crippen LogP contribution is 2.04. The molecule has 0 fully saturated rings. The molecule has 0 heterocycles. The number of hydrogen-bond acceptors (Lipinski definition) is 4. The summed E-state index contributed by atoms with van der Waals surface area (Å²) in [7, 11) is 0. The smallest absolute Gasteiger partial charge is 0.338 e.